The molecular formula is C24H31ClN2O5. The molecule has 2 aromatic carbocycles. The quantitative estimate of drug-likeness (QED) is 0.544. The number of ether oxygens (including phenoxy) is 3. The molecular weight excluding hydrogens is 432 g/mol. The molecule has 0 spiro atoms. The fourth-order valence-corrected chi connectivity index (χ4v) is 4.07. The van der Waals surface area contributed by atoms with Crippen LogP contribution in [-0.2, 0) is 9.53 Å². The van der Waals surface area contributed by atoms with Gasteiger partial charge in [-0.2, -0.15) is 0 Å². The molecule has 0 aliphatic carbocycles. The molecule has 0 saturated carbocycles. The molecule has 0 amide bonds. The minimum absolute atomic E-state index is 0.207. The molecule has 32 heavy (non-hydrogen) atoms. The minimum Gasteiger partial charge on any atom is -0.494 e. The summed E-state index contributed by atoms with van der Waals surface area (Å²) in [6.07, 6.45) is -0.618. The first kappa shape index (κ1) is 24.3. The fraction of sp³-hybridized carbons (Fsp3) is 0.458. The number of esters is 1. The maximum absolute atomic E-state index is 12.5. The number of nitrogens with zero attached hydrogens (tertiary/aromatic N) is 2. The van der Waals surface area contributed by atoms with E-state index in [0.717, 1.165) is 24.4 Å². The average molecular weight is 463 g/mol. The summed E-state index contributed by atoms with van der Waals surface area (Å²) in [5.41, 5.74) is 0.748. The Kier molecular flexibility index (Phi) is 9.17. The van der Waals surface area contributed by atoms with Crippen LogP contribution in [0.4, 0.5) is 0 Å². The highest BCUT2D eigenvalue weighted by Gasteiger charge is 2.32. The molecule has 1 aliphatic heterocycles. The number of hydrogen-bond donors (Lipinski definition) is 1. The van der Waals surface area contributed by atoms with E-state index in [4.69, 9.17) is 25.8 Å². The predicted octanol–water partition coefficient (Wildman–Crippen LogP) is 3.01. The maximum Gasteiger partial charge on any atom is 0.327 e. The summed E-state index contributed by atoms with van der Waals surface area (Å²) in [6, 6.07) is 14.2. The highest BCUT2D eigenvalue weighted by molar-refractivity contribution is 6.31. The highest BCUT2D eigenvalue weighted by Crippen LogP contribution is 2.29. The normalized spacial score (nSPS) is 16.9. The first-order valence-corrected chi connectivity index (χ1v) is 11.2. The number of aliphatic hydroxyl groups is 1. The van der Waals surface area contributed by atoms with Crippen LogP contribution in [0.2, 0.25) is 5.02 Å². The van der Waals surface area contributed by atoms with Gasteiger partial charge in [0.2, 0.25) is 0 Å². The molecule has 1 heterocycles. The van der Waals surface area contributed by atoms with Crippen LogP contribution in [0.25, 0.3) is 0 Å². The van der Waals surface area contributed by atoms with Crippen molar-refractivity contribution in [3.05, 3.63) is 59.1 Å². The summed E-state index contributed by atoms with van der Waals surface area (Å²) >= 11 is 6.35. The largest absolute Gasteiger partial charge is 0.494 e. The lowest BCUT2D eigenvalue weighted by Crippen LogP contribution is -2.51. The Morgan fingerprint density at radius 3 is 2.25 bits per heavy atom. The van der Waals surface area contributed by atoms with Gasteiger partial charge in [-0.25, -0.2) is 4.79 Å². The summed E-state index contributed by atoms with van der Waals surface area (Å²) in [7, 11) is 1.39. The number of piperazine rings is 1. The number of halogens is 1. The van der Waals surface area contributed by atoms with Crippen LogP contribution in [0.5, 0.6) is 11.5 Å². The molecule has 0 bridgehead atoms. The second-order valence-corrected chi connectivity index (χ2v) is 8.06. The van der Waals surface area contributed by atoms with Gasteiger partial charge in [-0.15, -0.1) is 0 Å². The first-order chi connectivity index (χ1) is 15.5. The van der Waals surface area contributed by atoms with Crippen LogP contribution in [0.15, 0.2) is 48.5 Å². The van der Waals surface area contributed by atoms with E-state index in [1.54, 1.807) is 6.07 Å². The van der Waals surface area contributed by atoms with Gasteiger partial charge in [-0.3, -0.25) is 9.80 Å². The third-order valence-corrected chi connectivity index (χ3v) is 5.79. The summed E-state index contributed by atoms with van der Waals surface area (Å²) in [4.78, 5) is 16.7. The fourth-order valence-electron chi connectivity index (χ4n) is 3.83. The van der Waals surface area contributed by atoms with Crippen molar-refractivity contribution < 1.29 is 24.1 Å². The van der Waals surface area contributed by atoms with Gasteiger partial charge >= 0.3 is 5.97 Å². The number of methoxy groups -OCH3 is 1. The Morgan fingerprint density at radius 1 is 1.03 bits per heavy atom. The monoisotopic (exact) mass is 462 g/mol. The lowest BCUT2D eigenvalue weighted by atomic mass is 10.0. The van der Waals surface area contributed by atoms with Crippen LogP contribution in [0, 0.1) is 0 Å². The number of carbonyl (C=O) groups excluding carboxylic acids is 1. The van der Waals surface area contributed by atoms with E-state index in [1.807, 2.05) is 49.4 Å². The molecule has 174 valence electrons. The molecule has 2 unspecified atom stereocenters. The minimum atomic E-state index is -0.618. The second kappa shape index (κ2) is 12.1. The van der Waals surface area contributed by atoms with E-state index in [1.165, 1.54) is 7.11 Å². The van der Waals surface area contributed by atoms with E-state index in [0.29, 0.717) is 37.0 Å². The van der Waals surface area contributed by atoms with Gasteiger partial charge in [-0.1, -0.05) is 29.8 Å². The van der Waals surface area contributed by atoms with Crippen LogP contribution in [0.3, 0.4) is 0 Å². The summed E-state index contributed by atoms with van der Waals surface area (Å²) in [5.74, 6) is 1.16. The third-order valence-electron chi connectivity index (χ3n) is 5.44. The van der Waals surface area contributed by atoms with Crippen LogP contribution in [0.1, 0.15) is 18.5 Å². The van der Waals surface area contributed by atoms with Crippen molar-refractivity contribution in [2.45, 2.75) is 19.1 Å². The zero-order chi connectivity index (χ0) is 22.9. The predicted molar refractivity (Wildman–Crippen MR) is 123 cm³/mol. The number of β-amino-alcohol motifs (C(OH)–C–C–N with tert-alkyl or cyclic N) is 1. The Bertz CT molecular complexity index is 856. The molecule has 7 nitrogen and oxygen atoms in total. The number of aliphatic hydroxyl groups excluding tert-OH is 1. The van der Waals surface area contributed by atoms with Crippen molar-refractivity contribution in [1.29, 1.82) is 0 Å². The van der Waals surface area contributed by atoms with Gasteiger partial charge in [0.1, 0.15) is 30.3 Å². The Morgan fingerprint density at radius 2 is 1.66 bits per heavy atom. The lowest BCUT2D eigenvalue weighted by Gasteiger charge is -2.39. The SMILES string of the molecule is CCOc1ccc(OCC(O)CN2CCN(C(C(=O)OC)c3ccccc3Cl)CC2)cc1. The van der Waals surface area contributed by atoms with Gasteiger partial charge in [0.25, 0.3) is 0 Å². The molecule has 2 aromatic rings. The van der Waals surface area contributed by atoms with Gasteiger partial charge < -0.3 is 19.3 Å². The van der Waals surface area contributed by atoms with Crippen LogP contribution in [-0.4, -0.2) is 80.0 Å². The Labute approximate surface area is 194 Å². The average Bonchev–Trinajstić information content (AvgIpc) is 2.81. The van der Waals surface area contributed by atoms with Gasteiger partial charge in [-0.05, 0) is 42.8 Å². The topological polar surface area (TPSA) is 71.5 Å². The van der Waals surface area contributed by atoms with Crippen molar-refractivity contribution in [2.75, 3.05) is 53.0 Å². The van der Waals surface area contributed by atoms with Crippen LogP contribution < -0.4 is 9.47 Å². The van der Waals surface area contributed by atoms with E-state index in [-0.39, 0.29) is 12.6 Å². The molecule has 0 aromatic heterocycles. The number of benzene rings is 2. The second-order valence-electron chi connectivity index (χ2n) is 7.65. The molecule has 0 radical (unpaired) electrons. The summed E-state index contributed by atoms with van der Waals surface area (Å²) < 4.78 is 16.2. The van der Waals surface area contributed by atoms with Crippen molar-refractivity contribution in [3.8, 4) is 11.5 Å². The van der Waals surface area contributed by atoms with E-state index >= 15 is 0 Å². The van der Waals surface area contributed by atoms with E-state index < -0.39 is 12.1 Å². The van der Waals surface area contributed by atoms with Gasteiger partial charge in [0.15, 0.2) is 0 Å². The zero-order valence-corrected chi connectivity index (χ0v) is 19.3. The summed E-state index contributed by atoms with van der Waals surface area (Å²) in [6.45, 7) is 6.03. The molecule has 8 heteroatoms. The van der Waals surface area contributed by atoms with Crippen molar-refractivity contribution in [3.63, 3.8) is 0 Å². The molecule has 1 N–H and O–H groups in total. The Hall–Kier alpha value is -2.32. The first-order valence-electron chi connectivity index (χ1n) is 10.8. The number of hydrogen-bond acceptors (Lipinski definition) is 7. The molecule has 1 fully saturated rings. The number of carbonyl (C=O) groups is 1. The maximum atomic E-state index is 12.5. The van der Waals surface area contributed by atoms with E-state index in [9.17, 15) is 9.90 Å². The van der Waals surface area contributed by atoms with Crippen molar-refractivity contribution >= 4 is 17.6 Å². The van der Waals surface area contributed by atoms with E-state index in [2.05, 4.69) is 9.80 Å². The standard InChI is InChI=1S/C24H31ClN2O5/c1-3-31-19-8-10-20(11-9-19)32-17-18(28)16-26-12-14-27(15-13-26)23(24(29)30-2)21-6-4-5-7-22(21)25/h4-11,18,23,28H,3,12-17H2,1-2H3. The Balaban J connectivity index is 1.49. The van der Waals surface area contributed by atoms with Gasteiger partial charge in [0, 0.05) is 37.7 Å². The smallest absolute Gasteiger partial charge is 0.327 e. The number of rotatable bonds is 10. The van der Waals surface area contributed by atoms with Crippen LogP contribution >= 0.6 is 11.6 Å². The van der Waals surface area contributed by atoms with Crippen molar-refractivity contribution in [1.82, 2.24) is 9.80 Å². The molecule has 1 aliphatic rings. The molecule has 2 atom stereocenters. The lowest BCUT2D eigenvalue weighted by molar-refractivity contribution is -0.148. The van der Waals surface area contributed by atoms with Crippen molar-refractivity contribution in [2.24, 2.45) is 0 Å². The highest BCUT2D eigenvalue weighted by atomic mass is 35.5. The summed E-state index contributed by atoms with van der Waals surface area (Å²) in [5, 5.41) is 11.0. The molecule has 1 saturated heterocycles. The molecule has 3 rings (SSSR count). The van der Waals surface area contributed by atoms with Gasteiger partial charge in [0.05, 0.1) is 13.7 Å². The zero-order valence-electron chi connectivity index (χ0n) is 18.6. The third kappa shape index (κ3) is 6.59.